The Morgan fingerprint density at radius 2 is 1.64 bits per heavy atom. The molecule has 2 amide bonds. The van der Waals surface area contributed by atoms with Crippen molar-refractivity contribution in [3.63, 3.8) is 0 Å². The molecule has 0 radical (unpaired) electrons. The lowest BCUT2D eigenvalue weighted by atomic mass is 9.97. The Kier molecular flexibility index (Phi) is 5.73. The van der Waals surface area contributed by atoms with Crippen molar-refractivity contribution in [2.75, 3.05) is 0 Å². The minimum atomic E-state index is -3.79. The van der Waals surface area contributed by atoms with Crippen molar-refractivity contribution in [2.45, 2.75) is 11.4 Å². The van der Waals surface area contributed by atoms with Gasteiger partial charge in [-0.15, -0.1) is 11.3 Å². The summed E-state index contributed by atoms with van der Waals surface area (Å²) in [6.07, 6.45) is 0. The van der Waals surface area contributed by atoms with Crippen LogP contribution in [0.25, 0.3) is 22.3 Å². The number of thiophene rings is 1. The first-order chi connectivity index (χ1) is 13.2. The van der Waals surface area contributed by atoms with E-state index in [1.54, 1.807) is 24.3 Å². The number of carbonyl (C=O) groups excluding carboxylic acids is 1. The quantitative estimate of drug-likeness (QED) is 0.415. The van der Waals surface area contributed by atoms with E-state index in [9.17, 15) is 18.4 Å². The number of urea groups is 1. The third kappa shape index (κ3) is 4.34. The molecule has 0 aliphatic heterocycles. The van der Waals surface area contributed by atoms with Gasteiger partial charge in [0, 0.05) is 21.0 Å². The molecule has 7 nitrogen and oxygen atoms in total. The number of benzene rings is 2. The maximum Gasteiger partial charge on any atom is 0.338 e. The Labute approximate surface area is 170 Å². The first-order valence-corrected chi connectivity index (χ1v) is 10.7. The number of primary amides is 1. The molecule has 1 aromatic heterocycles. The normalized spacial score (nSPS) is 11.4. The van der Waals surface area contributed by atoms with Crippen molar-refractivity contribution in [2.24, 2.45) is 10.9 Å². The summed E-state index contributed by atoms with van der Waals surface area (Å²) in [5.74, 6) is 0. The molecule has 0 aliphatic rings. The summed E-state index contributed by atoms with van der Waals surface area (Å²) in [5.41, 5.74) is 8.29. The highest BCUT2D eigenvalue weighted by Crippen LogP contribution is 2.40. The van der Waals surface area contributed by atoms with Crippen LogP contribution in [0.1, 0.15) is 4.88 Å². The first-order valence-electron chi connectivity index (χ1n) is 7.92. The van der Waals surface area contributed by atoms with Crippen LogP contribution in [0.2, 0.25) is 5.02 Å². The molecule has 2 aromatic carbocycles. The summed E-state index contributed by atoms with van der Waals surface area (Å²) in [5, 5.41) is 17.8. The van der Waals surface area contributed by atoms with E-state index in [4.69, 9.17) is 22.5 Å². The van der Waals surface area contributed by atoms with Gasteiger partial charge in [0.1, 0.15) is 0 Å². The molecule has 1 heterocycles. The molecule has 0 fully saturated rings. The van der Waals surface area contributed by atoms with Crippen molar-refractivity contribution < 1.29 is 18.4 Å². The number of carbonyl (C=O) groups is 1. The zero-order valence-electron chi connectivity index (χ0n) is 14.4. The van der Waals surface area contributed by atoms with E-state index < -0.39 is 16.1 Å². The Morgan fingerprint density at radius 3 is 2.18 bits per heavy atom. The molecule has 0 saturated carbocycles. The van der Waals surface area contributed by atoms with E-state index >= 15 is 0 Å². The number of rotatable bonds is 5. The third-order valence-electron chi connectivity index (χ3n) is 4.04. The molecule has 28 heavy (non-hydrogen) atoms. The summed E-state index contributed by atoms with van der Waals surface area (Å²) in [7, 11) is -3.79. The van der Waals surface area contributed by atoms with E-state index in [0.29, 0.717) is 15.0 Å². The summed E-state index contributed by atoms with van der Waals surface area (Å²) >= 11 is 7.32. The molecule has 0 unspecified atom stereocenters. The fourth-order valence-electron chi connectivity index (χ4n) is 2.70. The van der Waals surface area contributed by atoms with Crippen LogP contribution in [0.15, 0.2) is 58.8 Å². The molecule has 0 aliphatic carbocycles. The number of hydroxylamine groups is 2. The van der Waals surface area contributed by atoms with Crippen molar-refractivity contribution in [3.05, 3.63) is 63.8 Å². The van der Waals surface area contributed by atoms with Crippen LogP contribution in [0.4, 0.5) is 4.79 Å². The highest BCUT2D eigenvalue weighted by Gasteiger charge is 2.19. The monoisotopic (exact) mass is 437 g/mol. The average molecular weight is 438 g/mol. The fourth-order valence-corrected chi connectivity index (χ4v) is 4.40. The van der Waals surface area contributed by atoms with Gasteiger partial charge in [-0.05, 0) is 40.8 Å². The molecule has 5 N–H and O–H groups in total. The van der Waals surface area contributed by atoms with Crippen molar-refractivity contribution in [1.82, 2.24) is 5.06 Å². The first kappa shape index (κ1) is 20.3. The predicted octanol–water partition coefficient (Wildman–Crippen LogP) is 3.65. The lowest BCUT2D eigenvalue weighted by Crippen LogP contribution is -2.31. The van der Waals surface area contributed by atoms with Crippen LogP contribution < -0.4 is 10.9 Å². The van der Waals surface area contributed by atoms with Crippen molar-refractivity contribution in [3.8, 4) is 22.3 Å². The molecule has 146 valence electrons. The largest absolute Gasteiger partial charge is 0.350 e. The van der Waals surface area contributed by atoms with E-state index in [1.165, 1.54) is 23.5 Å². The van der Waals surface area contributed by atoms with Gasteiger partial charge in [0.05, 0.1) is 11.4 Å². The number of primary sulfonamides is 1. The highest BCUT2D eigenvalue weighted by atomic mass is 35.5. The van der Waals surface area contributed by atoms with E-state index in [2.05, 4.69) is 0 Å². The smallest absolute Gasteiger partial charge is 0.338 e. The predicted molar refractivity (Wildman–Crippen MR) is 108 cm³/mol. The lowest BCUT2D eigenvalue weighted by Gasteiger charge is -2.14. The summed E-state index contributed by atoms with van der Waals surface area (Å²) in [6.45, 7) is -0.0901. The molecule has 0 atom stereocenters. The topological polar surface area (TPSA) is 127 Å². The highest BCUT2D eigenvalue weighted by molar-refractivity contribution is 7.89. The number of hydrogen-bond donors (Lipinski definition) is 3. The molecule has 0 saturated heterocycles. The molecule has 10 heteroatoms. The van der Waals surface area contributed by atoms with Crippen LogP contribution in [-0.4, -0.2) is 24.7 Å². The molecule has 0 bridgehead atoms. The van der Waals surface area contributed by atoms with Gasteiger partial charge in [0.2, 0.25) is 10.0 Å². The Bertz CT molecular complexity index is 1110. The summed E-state index contributed by atoms with van der Waals surface area (Å²) < 4.78 is 23.0. The summed E-state index contributed by atoms with van der Waals surface area (Å²) in [6, 6.07) is 12.3. The number of hydrogen-bond acceptors (Lipinski definition) is 5. The molecule has 0 spiro atoms. The minimum absolute atomic E-state index is 0.00927. The fraction of sp³-hybridized carbons (Fsp3) is 0.0556. The Hall–Kier alpha value is -2.43. The zero-order valence-corrected chi connectivity index (χ0v) is 16.8. The van der Waals surface area contributed by atoms with Gasteiger partial charge in [-0.3, -0.25) is 5.21 Å². The van der Waals surface area contributed by atoms with Gasteiger partial charge >= 0.3 is 6.03 Å². The molecular weight excluding hydrogens is 422 g/mol. The number of nitrogens with zero attached hydrogens (tertiary/aromatic N) is 1. The van der Waals surface area contributed by atoms with Gasteiger partial charge in [-0.25, -0.2) is 23.4 Å². The number of amides is 2. The maximum atomic E-state index is 11.5. The number of nitrogens with two attached hydrogens (primary N) is 2. The van der Waals surface area contributed by atoms with Gasteiger partial charge in [0.15, 0.2) is 0 Å². The van der Waals surface area contributed by atoms with Crippen LogP contribution >= 0.6 is 22.9 Å². The van der Waals surface area contributed by atoms with Gasteiger partial charge in [-0.2, -0.15) is 0 Å². The summed E-state index contributed by atoms with van der Waals surface area (Å²) in [4.78, 5) is 11.9. The van der Waals surface area contributed by atoms with Crippen molar-refractivity contribution in [1.29, 1.82) is 0 Å². The second-order valence-electron chi connectivity index (χ2n) is 5.92. The molecule has 3 rings (SSSR count). The van der Waals surface area contributed by atoms with Crippen molar-refractivity contribution >= 4 is 39.0 Å². The van der Waals surface area contributed by atoms with Crippen LogP contribution in [0, 0.1) is 0 Å². The molecular formula is C18H16ClN3O4S2. The van der Waals surface area contributed by atoms with Gasteiger partial charge in [-0.1, -0.05) is 35.9 Å². The lowest BCUT2D eigenvalue weighted by molar-refractivity contribution is -0.0461. The second kappa shape index (κ2) is 7.90. The second-order valence-corrected chi connectivity index (χ2v) is 8.88. The maximum absolute atomic E-state index is 11.5. The van der Waals surface area contributed by atoms with Gasteiger partial charge in [0.25, 0.3) is 0 Å². The minimum Gasteiger partial charge on any atom is -0.350 e. The molecule has 3 aromatic rings. The zero-order chi connectivity index (χ0) is 20.5. The van der Waals surface area contributed by atoms with E-state index in [-0.39, 0.29) is 11.4 Å². The number of halogens is 1. The Morgan fingerprint density at radius 1 is 1.07 bits per heavy atom. The van der Waals surface area contributed by atoms with Crippen LogP contribution in [0.3, 0.4) is 0 Å². The average Bonchev–Trinajstić information content (AvgIpc) is 3.05. The van der Waals surface area contributed by atoms with Gasteiger partial charge < -0.3 is 5.73 Å². The SMILES string of the molecule is NC(=O)N(O)Cc1scc(-c2ccc(S(N)(=O)=O)cc2)c1-c1ccc(Cl)cc1. The Balaban J connectivity index is 2.12. The number of sulfonamides is 1. The third-order valence-corrected chi connectivity index (χ3v) is 6.19. The van der Waals surface area contributed by atoms with E-state index in [0.717, 1.165) is 22.3 Å². The standard InChI is InChI=1S/C18H16ClN3O4S2/c19-13-5-1-12(2-6-13)17-15(10-27-16(17)9-22(24)18(20)23)11-3-7-14(8-4-11)28(21,25)26/h1-8,10,24H,9H2,(H2,20,23)(H2,21,25,26). The van der Waals surface area contributed by atoms with Crippen LogP contribution in [0.5, 0.6) is 0 Å². The van der Waals surface area contributed by atoms with Crippen LogP contribution in [-0.2, 0) is 16.6 Å². The van der Waals surface area contributed by atoms with E-state index in [1.807, 2.05) is 17.5 Å².